The van der Waals surface area contributed by atoms with Gasteiger partial charge in [-0.1, -0.05) is 36.4 Å². The summed E-state index contributed by atoms with van der Waals surface area (Å²) in [7, 11) is 1.77. The number of nitrogens with zero attached hydrogens (tertiary/aromatic N) is 2. The van der Waals surface area contributed by atoms with E-state index < -0.39 is 11.9 Å². The molecule has 0 aliphatic carbocycles. The molecule has 6 nitrogen and oxygen atoms in total. The third-order valence-corrected chi connectivity index (χ3v) is 3.36. The second kappa shape index (κ2) is 8.31. The maximum absolute atomic E-state index is 12.2. The summed E-state index contributed by atoms with van der Waals surface area (Å²) in [4.78, 5) is 24.9. The van der Waals surface area contributed by atoms with Crippen molar-refractivity contribution < 1.29 is 14.7 Å². The Balaban J connectivity index is 2.09. The van der Waals surface area contributed by atoms with Gasteiger partial charge in [-0.2, -0.15) is 5.26 Å². The van der Waals surface area contributed by atoms with Gasteiger partial charge in [0.2, 0.25) is 0 Å². The SMILES string of the molecule is CN(/C=C(/C#N)C(=O)Nc1cccc(C(=O)O)c1)Cc1ccccc1. The lowest BCUT2D eigenvalue weighted by Crippen LogP contribution is -2.18. The fourth-order valence-electron chi connectivity index (χ4n) is 2.20. The Morgan fingerprint density at radius 1 is 1.20 bits per heavy atom. The van der Waals surface area contributed by atoms with Gasteiger partial charge >= 0.3 is 5.97 Å². The van der Waals surface area contributed by atoms with E-state index in [0.717, 1.165) is 5.56 Å². The van der Waals surface area contributed by atoms with Crippen LogP contribution in [0.25, 0.3) is 0 Å². The Kier molecular flexibility index (Phi) is 5.91. The molecular weight excluding hydrogens is 318 g/mol. The fraction of sp³-hybridized carbons (Fsp3) is 0.105. The average molecular weight is 335 g/mol. The Morgan fingerprint density at radius 3 is 2.56 bits per heavy atom. The lowest BCUT2D eigenvalue weighted by atomic mass is 10.2. The zero-order valence-corrected chi connectivity index (χ0v) is 13.6. The number of carbonyl (C=O) groups excluding carboxylic acids is 1. The quantitative estimate of drug-likeness (QED) is 0.625. The zero-order valence-electron chi connectivity index (χ0n) is 13.6. The highest BCUT2D eigenvalue weighted by molar-refractivity contribution is 6.06. The van der Waals surface area contributed by atoms with Crippen molar-refractivity contribution in [1.29, 1.82) is 5.26 Å². The van der Waals surface area contributed by atoms with Gasteiger partial charge in [-0.05, 0) is 23.8 Å². The number of anilines is 1. The van der Waals surface area contributed by atoms with Crippen molar-refractivity contribution in [3.8, 4) is 6.07 Å². The third-order valence-electron chi connectivity index (χ3n) is 3.36. The van der Waals surface area contributed by atoms with Crippen LogP contribution in [0.1, 0.15) is 15.9 Å². The number of aromatic carboxylic acids is 1. The van der Waals surface area contributed by atoms with E-state index in [9.17, 15) is 14.9 Å². The number of nitriles is 1. The molecule has 2 N–H and O–H groups in total. The van der Waals surface area contributed by atoms with Crippen LogP contribution < -0.4 is 5.32 Å². The van der Waals surface area contributed by atoms with E-state index in [0.29, 0.717) is 12.2 Å². The Morgan fingerprint density at radius 2 is 1.92 bits per heavy atom. The average Bonchev–Trinajstić information content (AvgIpc) is 2.60. The minimum atomic E-state index is -1.09. The number of carbonyl (C=O) groups is 2. The van der Waals surface area contributed by atoms with E-state index in [2.05, 4.69) is 5.32 Å². The minimum Gasteiger partial charge on any atom is -0.478 e. The first-order valence-electron chi connectivity index (χ1n) is 7.50. The van der Waals surface area contributed by atoms with E-state index in [1.165, 1.54) is 24.4 Å². The topological polar surface area (TPSA) is 93.4 Å². The van der Waals surface area contributed by atoms with Crippen molar-refractivity contribution in [2.45, 2.75) is 6.54 Å². The molecule has 0 atom stereocenters. The molecule has 0 bridgehead atoms. The van der Waals surface area contributed by atoms with Crippen molar-refractivity contribution in [3.63, 3.8) is 0 Å². The molecule has 0 aliphatic heterocycles. The van der Waals surface area contributed by atoms with Gasteiger partial charge < -0.3 is 15.3 Å². The molecule has 25 heavy (non-hydrogen) atoms. The zero-order chi connectivity index (χ0) is 18.2. The van der Waals surface area contributed by atoms with Crippen LogP contribution in [0.3, 0.4) is 0 Å². The van der Waals surface area contributed by atoms with Crippen molar-refractivity contribution in [2.75, 3.05) is 12.4 Å². The van der Waals surface area contributed by atoms with Crippen LogP contribution in [0.2, 0.25) is 0 Å². The van der Waals surface area contributed by atoms with Crippen molar-refractivity contribution in [2.24, 2.45) is 0 Å². The summed E-state index contributed by atoms with van der Waals surface area (Å²) < 4.78 is 0. The number of hydrogen-bond acceptors (Lipinski definition) is 4. The number of hydrogen-bond donors (Lipinski definition) is 2. The van der Waals surface area contributed by atoms with Gasteiger partial charge in [0.1, 0.15) is 11.6 Å². The van der Waals surface area contributed by atoms with Crippen LogP contribution >= 0.6 is 0 Å². The molecular formula is C19H17N3O3. The molecule has 0 aromatic heterocycles. The summed E-state index contributed by atoms with van der Waals surface area (Å²) in [6.45, 7) is 0.549. The number of carboxylic acids is 1. The first-order valence-corrected chi connectivity index (χ1v) is 7.50. The summed E-state index contributed by atoms with van der Waals surface area (Å²) in [5, 5.41) is 20.7. The van der Waals surface area contributed by atoms with Gasteiger partial charge in [0, 0.05) is 25.5 Å². The Hall–Kier alpha value is -3.59. The number of benzene rings is 2. The van der Waals surface area contributed by atoms with Gasteiger partial charge in [-0.3, -0.25) is 4.79 Å². The van der Waals surface area contributed by atoms with E-state index in [4.69, 9.17) is 5.11 Å². The summed E-state index contributed by atoms with van der Waals surface area (Å²) in [5.74, 6) is -1.68. The molecule has 126 valence electrons. The van der Waals surface area contributed by atoms with Crippen LogP contribution in [-0.2, 0) is 11.3 Å². The highest BCUT2D eigenvalue weighted by Crippen LogP contribution is 2.12. The first-order chi connectivity index (χ1) is 12.0. The fourth-order valence-corrected chi connectivity index (χ4v) is 2.20. The van der Waals surface area contributed by atoms with Gasteiger partial charge in [0.25, 0.3) is 5.91 Å². The van der Waals surface area contributed by atoms with Gasteiger partial charge in [-0.25, -0.2) is 4.79 Å². The van der Waals surface area contributed by atoms with E-state index in [1.54, 1.807) is 18.0 Å². The highest BCUT2D eigenvalue weighted by atomic mass is 16.4. The standard InChI is InChI=1S/C19H17N3O3/c1-22(12-14-6-3-2-4-7-14)13-16(11-20)18(23)21-17-9-5-8-15(10-17)19(24)25/h2-10,13H,12H2,1H3,(H,21,23)(H,24,25)/b16-13-. The van der Waals surface area contributed by atoms with Crippen molar-refractivity contribution in [1.82, 2.24) is 4.90 Å². The molecule has 0 saturated carbocycles. The van der Waals surface area contributed by atoms with Crippen LogP contribution in [0, 0.1) is 11.3 Å². The van der Waals surface area contributed by atoms with Crippen LogP contribution in [0.4, 0.5) is 5.69 Å². The third kappa shape index (κ3) is 5.22. The van der Waals surface area contributed by atoms with E-state index in [-0.39, 0.29) is 11.1 Å². The maximum Gasteiger partial charge on any atom is 0.335 e. The minimum absolute atomic E-state index is 0.0569. The largest absolute Gasteiger partial charge is 0.478 e. The Labute approximate surface area is 145 Å². The molecule has 2 aromatic rings. The lowest BCUT2D eigenvalue weighted by Gasteiger charge is -2.15. The van der Waals surface area contributed by atoms with Crippen LogP contribution in [0.15, 0.2) is 66.4 Å². The molecule has 0 fully saturated rings. The molecule has 0 unspecified atom stereocenters. The molecule has 2 aromatic carbocycles. The van der Waals surface area contributed by atoms with Gasteiger partial charge in [0.15, 0.2) is 0 Å². The summed E-state index contributed by atoms with van der Waals surface area (Å²) >= 11 is 0. The molecule has 2 rings (SSSR count). The summed E-state index contributed by atoms with van der Waals surface area (Å²) in [6.07, 6.45) is 1.46. The molecule has 0 radical (unpaired) electrons. The second-order valence-corrected chi connectivity index (χ2v) is 5.40. The van der Waals surface area contributed by atoms with Crippen LogP contribution in [0.5, 0.6) is 0 Å². The normalized spacial score (nSPS) is 10.6. The first kappa shape index (κ1) is 17.8. The van der Waals surface area contributed by atoms with Crippen molar-refractivity contribution in [3.05, 3.63) is 77.5 Å². The number of carboxylic acid groups (broad SMARTS) is 1. The number of nitrogens with one attached hydrogen (secondary N) is 1. The predicted octanol–water partition coefficient (Wildman–Crippen LogP) is 2.86. The molecule has 0 spiro atoms. The van der Waals surface area contributed by atoms with Gasteiger partial charge in [-0.15, -0.1) is 0 Å². The smallest absolute Gasteiger partial charge is 0.335 e. The van der Waals surface area contributed by atoms with Gasteiger partial charge in [0.05, 0.1) is 5.56 Å². The van der Waals surface area contributed by atoms with E-state index in [1.807, 2.05) is 36.4 Å². The monoisotopic (exact) mass is 335 g/mol. The summed E-state index contributed by atoms with van der Waals surface area (Å²) in [6, 6.07) is 17.4. The number of rotatable bonds is 6. The van der Waals surface area contributed by atoms with E-state index >= 15 is 0 Å². The molecule has 0 heterocycles. The summed E-state index contributed by atoms with van der Waals surface area (Å²) in [5.41, 5.74) is 1.35. The van der Waals surface area contributed by atoms with Crippen LogP contribution in [-0.4, -0.2) is 28.9 Å². The molecule has 0 aliphatic rings. The predicted molar refractivity (Wildman–Crippen MR) is 93.6 cm³/mol. The Bertz CT molecular complexity index is 838. The molecule has 6 heteroatoms. The number of amides is 1. The maximum atomic E-state index is 12.2. The molecule has 0 saturated heterocycles. The molecule has 1 amide bonds. The second-order valence-electron chi connectivity index (χ2n) is 5.40. The van der Waals surface area contributed by atoms with Crippen molar-refractivity contribution >= 4 is 17.6 Å². The lowest BCUT2D eigenvalue weighted by molar-refractivity contribution is -0.112. The highest BCUT2D eigenvalue weighted by Gasteiger charge is 2.12.